The van der Waals surface area contributed by atoms with Gasteiger partial charge in [0.15, 0.2) is 0 Å². The highest BCUT2D eigenvalue weighted by atomic mass is 32.1. The number of hydrogen-bond donors (Lipinski definition) is 2. The Morgan fingerprint density at radius 2 is 2.11 bits per heavy atom. The van der Waals surface area contributed by atoms with Crippen molar-refractivity contribution in [3.8, 4) is 0 Å². The summed E-state index contributed by atoms with van der Waals surface area (Å²) in [5.74, 6) is -0.376. The largest absolute Gasteiger partial charge is 0.395 e. The van der Waals surface area contributed by atoms with Gasteiger partial charge in [-0.3, -0.25) is 0 Å². The molecule has 3 N–H and O–H groups in total. The smallest absolute Gasteiger partial charge is 0.148 e. The van der Waals surface area contributed by atoms with Crippen LogP contribution in [-0.2, 0) is 6.42 Å². The molecule has 0 fully saturated rings. The summed E-state index contributed by atoms with van der Waals surface area (Å²) in [5.41, 5.74) is 6.54. The summed E-state index contributed by atoms with van der Waals surface area (Å²) >= 11 is 1.79. The Labute approximate surface area is 111 Å². The number of anilines is 2. The lowest BCUT2D eigenvalue weighted by atomic mass is 10.2. The molecule has 4 heteroatoms. The molecule has 0 saturated carbocycles. The number of nitrogen functional groups attached to an aromatic ring is 1. The van der Waals surface area contributed by atoms with Crippen molar-refractivity contribution in [2.75, 3.05) is 11.1 Å². The lowest BCUT2D eigenvalue weighted by Gasteiger charge is -2.16. The molecule has 0 aliphatic carbocycles. The van der Waals surface area contributed by atoms with E-state index in [0.717, 1.165) is 6.42 Å². The highest BCUT2D eigenvalue weighted by Gasteiger charge is 2.09. The highest BCUT2D eigenvalue weighted by molar-refractivity contribution is 7.11. The average molecular weight is 264 g/mol. The Morgan fingerprint density at radius 3 is 2.78 bits per heavy atom. The van der Waals surface area contributed by atoms with Crippen molar-refractivity contribution in [1.29, 1.82) is 0 Å². The van der Waals surface area contributed by atoms with E-state index in [0.29, 0.717) is 5.69 Å². The Bertz CT molecular complexity index is 536. The lowest BCUT2D eigenvalue weighted by molar-refractivity contribution is 0.632. The van der Waals surface area contributed by atoms with Gasteiger partial charge in [0.05, 0.1) is 11.4 Å². The zero-order valence-electron chi connectivity index (χ0n) is 10.5. The summed E-state index contributed by atoms with van der Waals surface area (Å²) in [6.07, 6.45) is 0.911. The first-order valence-corrected chi connectivity index (χ1v) is 6.73. The summed E-state index contributed by atoms with van der Waals surface area (Å²) in [4.78, 5) is 2.63. The molecule has 96 valence electrons. The van der Waals surface area contributed by atoms with Gasteiger partial charge < -0.3 is 11.1 Å². The number of para-hydroxylation sites is 1. The number of thiophene rings is 1. The maximum atomic E-state index is 13.3. The van der Waals surface area contributed by atoms with Gasteiger partial charge in [0.1, 0.15) is 5.82 Å². The van der Waals surface area contributed by atoms with Crippen molar-refractivity contribution >= 4 is 22.7 Å². The first-order chi connectivity index (χ1) is 8.56. The van der Waals surface area contributed by atoms with Crippen molar-refractivity contribution in [2.45, 2.75) is 26.3 Å². The van der Waals surface area contributed by atoms with Crippen molar-refractivity contribution in [3.63, 3.8) is 0 Å². The lowest BCUT2D eigenvalue weighted by Crippen LogP contribution is -2.18. The Kier molecular flexibility index (Phi) is 3.87. The fourth-order valence-corrected chi connectivity index (χ4v) is 2.90. The minimum absolute atomic E-state index is 0.187. The van der Waals surface area contributed by atoms with Crippen LogP contribution in [0.4, 0.5) is 15.8 Å². The van der Waals surface area contributed by atoms with Crippen LogP contribution in [0.2, 0.25) is 0 Å². The molecule has 0 bridgehead atoms. The van der Waals surface area contributed by atoms with Gasteiger partial charge in [-0.15, -0.1) is 11.3 Å². The fraction of sp³-hybridized carbons (Fsp3) is 0.286. The first-order valence-electron chi connectivity index (χ1n) is 5.92. The van der Waals surface area contributed by atoms with Crippen LogP contribution < -0.4 is 11.1 Å². The maximum Gasteiger partial charge on any atom is 0.148 e. The van der Waals surface area contributed by atoms with Crippen molar-refractivity contribution < 1.29 is 4.39 Å². The Morgan fingerprint density at radius 1 is 1.33 bits per heavy atom. The van der Waals surface area contributed by atoms with Gasteiger partial charge in [0, 0.05) is 22.2 Å². The summed E-state index contributed by atoms with van der Waals surface area (Å²) in [5, 5.41) is 3.25. The van der Waals surface area contributed by atoms with Crippen molar-refractivity contribution in [2.24, 2.45) is 0 Å². The second-order valence-corrected chi connectivity index (χ2v) is 5.84. The SMILES string of the molecule is Cc1ccc(CC(C)Nc2cccc(F)c2N)s1. The summed E-state index contributed by atoms with van der Waals surface area (Å²) in [6, 6.07) is 9.29. The van der Waals surface area contributed by atoms with E-state index in [9.17, 15) is 4.39 Å². The number of aryl methyl sites for hydroxylation is 1. The summed E-state index contributed by atoms with van der Waals surface area (Å²) < 4.78 is 13.3. The minimum Gasteiger partial charge on any atom is -0.395 e. The third kappa shape index (κ3) is 3.01. The van der Waals surface area contributed by atoms with Gasteiger partial charge in [0.25, 0.3) is 0 Å². The zero-order chi connectivity index (χ0) is 13.1. The van der Waals surface area contributed by atoms with Crippen LogP contribution in [0, 0.1) is 12.7 Å². The zero-order valence-corrected chi connectivity index (χ0v) is 11.4. The fourth-order valence-electron chi connectivity index (χ4n) is 1.88. The van der Waals surface area contributed by atoms with Crippen LogP contribution in [0.1, 0.15) is 16.7 Å². The molecule has 1 atom stereocenters. The topological polar surface area (TPSA) is 38.0 Å². The molecule has 2 nitrogen and oxygen atoms in total. The maximum absolute atomic E-state index is 13.3. The molecule has 0 amide bonds. The van der Waals surface area contributed by atoms with Gasteiger partial charge in [-0.1, -0.05) is 6.07 Å². The average Bonchev–Trinajstić information content (AvgIpc) is 2.70. The molecule has 0 saturated heterocycles. The minimum atomic E-state index is -0.376. The quantitative estimate of drug-likeness (QED) is 0.824. The molecule has 1 aromatic heterocycles. The molecule has 1 heterocycles. The van der Waals surface area contributed by atoms with Gasteiger partial charge in [-0.2, -0.15) is 0 Å². The van der Waals surface area contributed by atoms with E-state index in [4.69, 9.17) is 5.73 Å². The molecule has 0 radical (unpaired) electrons. The molecular weight excluding hydrogens is 247 g/mol. The van der Waals surface area contributed by atoms with E-state index in [2.05, 4.69) is 31.3 Å². The third-order valence-electron chi connectivity index (χ3n) is 2.76. The van der Waals surface area contributed by atoms with Gasteiger partial charge in [0.2, 0.25) is 0 Å². The molecule has 18 heavy (non-hydrogen) atoms. The molecule has 1 unspecified atom stereocenters. The van der Waals surface area contributed by atoms with Crippen molar-refractivity contribution in [1.82, 2.24) is 0 Å². The number of benzene rings is 1. The Balaban J connectivity index is 2.03. The normalized spacial score (nSPS) is 12.4. The van der Waals surface area contributed by atoms with E-state index in [1.54, 1.807) is 23.5 Å². The summed E-state index contributed by atoms with van der Waals surface area (Å²) in [7, 11) is 0. The van der Waals surface area contributed by atoms with Crippen LogP contribution in [0.5, 0.6) is 0 Å². The number of nitrogens with one attached hydrogen (secondary N) is 1. The van der Waals surface area contributed by atoms with E-state index in [1.165, 1.54) is 15.8 Å². The van der Waals surface area contributed by atoms with Crippen molar-refractivity contribution in [3.05, 3.63) is 45.9 Å². The third-order valence-corrected chi connectivity index (χ3v) is 3.78. The number of halogens is 1. The van der Waals surface area contributed by atoms with E-state index >= 15 is 0 Å². The predicted molar refractivity (Wildman–Crippen MR) is 76.7 cm³/mol. The van der Waals surface area contributed by atoms with E-state index < -0.39 is 0 Å². The van der Waals surface area contributed by atoms with Crippen LogP contribution in [-0.4, -0.2) is 6.04 Å². The molecule has 2 aromatic rings. The Hall–Kier alpha value is -1.55. The molecule has 0 spiro atoms. The van der Waals surface area contributed by atoms with E-state index in [-0.39, 0.29) is 17.5 Å². The second kappa shape index (κ2) is 5.40. The van der Waals surface area contributed by atoms with Crippen LogP contribution in [0.25, 0.3) is 0 Å². The molecule has 0 aliphatic heterocycles. The van der Waals surface area contributed by atoms with Gasteiger partial charge in [-0.25, -0.2) is 4.39 Å². The molecule has 0 aliphatic rings. The molecule has 1 aromatic carbocycles. The van der Waals surface area contributed by atoms with Crippen LogP contribution in [0.3, 0.4) is 0 Å². The van der Waals surface area contributed by atoms with E-state index in [1.807, 2.05) is 0 Å². The number of nitrogens with two attached hydrogens (primary N) is 1. The van der Waals surface area contributed by atoms with Crippen LogP contribution in [0.15, 0.2) is 30.3 Å². The first kappa shape index (κ1) is 12.9. The standard InChI is InChI=1S/C14H17FN2S/c1-9(8-11-7-6-10(2)18-11)17-13-5-3-4-12(15)14(13)16/h3-7,9,17H,8,16H2,1-2H3. The van der Waals surface area contributed by atoms with Gasteiger partial charge >= 0.3 is 0 Å². The summed E-state index contributed by atoms with van der Waals surface area (Å²) in [6.45, 7) is 4.16. The van der Waals surface area contributed by atoms with Gasteiger partial charge in [-0.05, 0) is 38.1 Å². The molecular formula is C14H17FN2S. The highest BCUT2D eigenvalue weighted by Crippen LogP contribution is 2.23. The number of rotatable bonds is 4. The number of hydrogen-bond acceptors (Lipinski definition) is 3. The monoisotopic (exact) mass is 264 g/mol. The predicted octanol–water partition coefficient (Wildman–Crippen LogP) is 3.82. The second-order valence-electron chi connectivity index (χ2n) is 4.46. The molecule has 2 rings (SSSR count). The van der Waals surface area contributed by atoms with Crippen LogP contribution >= 0.6 is 11.3 Å².